The minimum absolute atomic E-state index is 0.0948. The Bertz CT molecular complexity index is 794. The molecule has 0 fully saturated rings. The van der Waals surface area contributed by atoms with Crippen LogP contribution in [-0.4, -0.2) is 21.2 Å². The second-order valence-corrected chi connectivity index (χ2v) is 6.35. The van der Waals surface area contributed by atoms with Gasteiger partial charge in [-0.05, 0) is 39.0 Å². The van der Waals surface area contributed by atoms with Crippen molar-refractivity contribution < 1.29 is 4.79 Å². The number of para-hydroxylation sites is 1. The molecule has 0 unspecified atom stereocenters. The zero-order valence-corrected chi connectivity index (χ0v) is 13.0. The summed E-state index contributed by atoms with van der Waals surface area (Å²) in [5.41, 5.74) is 2.03. The monoisotopic (exact) mass is 293 g/mol. The third kappa shape index (κ3) is 2.86. The number of hydrogen-bond acceptors (Lipinski definition) is 2. The largest absolute Gasteiger partial charge is 0.347 e. The van der Waals surface area contributed by atoms with E-state index in [-0.39, 0.29) is 11.4 Å². The molecular formula is C18H19N3O. The minimum Gasteiger partial charge on any atom is -0.347 e. The van der Waals surface area contributed by atoms with Gasteiger partial charge in [0.25, 0.3) is 5.91 Å². The van der Waals surface area contributed by atoms with Crippen molar-refractivity contribution in [3.63, 3.8) is 0 Å². The summed E-state index contributed by atoms with van der Waals surface area (Å²) in [6, 6.07) is 15.4. The number of rotatable bonds is 2. The van der Waals surface area contributed by atoms with Crippen LogP contribution < -0.4 is 5.32 Å². The van der Waals surface area contributed by atoms with Gasteiger partial charge >= 0.3 is 0 Å². The van der Waals surface area contributed by atoms with Crippen LogP contribution in [0, 0.1) is 0 Å². The topological polar surface area (TPSA) is 46.9 Å². The standard InChI is InChI=1S/C18H19N3O/c1-18(2,3)19-17(22)14-9-5-7-11-16(14)21-12-13-8-4-6-10-15(13)20-21/h4-12H,1-3H3,(H,19,22). The van der Waals surface area contributed by atoms with Gasteiger partial charge in [-0.25, -0.2) is 4.68 Å². The molecule has 0 saturated carbocycles. The van der Waals surface area contributed by atoms with Gasteiger partial charge in [-0.15, -0.1) is 0 Å². The van der Waals surface area contributed by atoms with Gasteiger partial charge in [-0.1, -0.05) is 30.3 Å². The van der Waals surface area contributed by atoms with Crippen molar-refractivity contribution in [1.29, 1.82) is 0 Å². The number of carbonyl (C=O) groups excluding carboxylic acids is 1. The zero-order valence-electron chi connectivity index (χ0n) is 13.0. The number of hydrogen-bond donors (Lipinski definition) is 1. The van der Waals surface area contributed by atoms with Crippen molar-refractivity contribution >= 4 is 16.8 Å². The molecule has 0 aliphatic rings. The first kappa shape index (κ1) is 14.3. The summed E-state index contributed by atoms with van der Waals surface area (Å²) in [6.07, 6.45) is 1.94. The highest BCUT2D eigenvalue weighted by atomic mass is 16.1. The van der Waals surface area contributed by atoms with Gasteiger partial charge in [0.05, 0.1) is 16.8 Å². The van der Waals surface area contributed by atoms with E-state index in [0.717, 1.165) is 16.6 Å². The average molecular weight is 293 g/mol. The number of aromatic nitrogens is 2. The lowest BCUT2D eigenvalue weighted by Crippen LogP contribution is -2.40. The van der Waals surface area contributed by atoms with E-state index in [1.165, 1.54) is 0 Å². The van der Waals surface area contributed by atoms with E-state index in [1.54, 1.807) is 4.68 Å². The van der Waals surface area contributed by atoms with Crippen LogP contribution in [0.25, 0.3) is 16.6 Å². The number of fused-ring (bicyclic) bond motifs is 1. The molecule has 3 rings (SSSR count). The Kier molecular flexibility index (Phi) is 3.45. The van der Waals surface area contributed by atoms with Crippen molar-refractivity contribution in [1.82, 2.24) is 15.1 Å². The first-order chi connectivity index (χ1) is 10.4. The van der Waals surface area contributed by atoms with Crippen molar-refractivity contribution in [2.24, 2.45) is 0 Å². The normalized spacial score (nSPS) is 11.6. The Morgan fingerprint density at radius 2 is 1.73 bits per heavy atom. The lowest BCUT2D eigenvalue weighted by molar-refractivity contribution is 0.0919. The summed E-state index contributed by atoms with van der Waals surface area (Å²) in [5.74, 6) is -0.0948. The Balaban J connectivity index is 2.06. The van der Waals surface area contributed by atoms with Gasteiger partial charge in [0.2, 0.25) is 0 Å². The van der Waals surface area contributed by atoms with E-state index in [0.29, 0.717) is 5.56 Å². The summed E-state index contributed by atoms with van der Waals surface area (Å²) >= 11 is 0. The molecular weight excluding hydrogens is 274 g/mol. The Labute approximate surface area is 129 Å². The second kappa shape index (κ2) is 5.30. The molecule has 0 aliphatic heterocycles. The Hall–Kier alpha value is -2.62. The first-order valence-corrected chi connectivity index (χ1v) is 7.30. The summed E-state index contributed by atoms with van der Waals surface area (Å²) in [5, 5.41) is 8.61. The second-order valence-electron chi connectivity index (χ2n) is 6.35. The van der Waals surface area contributed by atoms with Gasteiger partial charge in [0, 0.05) is 17.1 Å². The van der Waals surface area contributed by atoms with Crippen LogP contribution in [0.4, 0.5) is 0 Å². The molecule has 4 heteroatoms. The van der Waals surface area contributed by atoms with E-state index in [4.69, 9.17) is 0 Å². The maximum atomic E-state index is 12.5. The van der Waals surface area contributed by atoms with Crippen LogP contribution in [0.3, 0.4) is 0 Å². The number of nitrogens with zero attached hydrogens (tertiary/aromatic N) is 2. The summed E-state index contributed by atoms with van der Waals surface area (Å²) in [4.78, 5) is 12.5. The SMILES string of the molecule is CC(C)(C)NC(=O)c1ccccc1-n1cc2ccccc2n1. The fraction of sp³-hybridized carbons (Fsp3) is 0.222. The van der Waals surface area contributed by atoms with Gasteiger partial charge in [0.1, 0.15) is 0 Å². The van der Waals surface area contributed by atoms with E-state index in [1.807, 2.05) is 75.5 Å². The molecule has 0 radical (unpaired) electrons. The molecule has 0 saturated heterocycles. The molecule has 1 aromatic heterocycles. The van der Waals surface area contributed by atoms with Gasteiger partial charge in [0.15, 0.2) is 0 Å². The molecule has 112 valence electrons. The number of amides is 1. The lowest BCUT2D eigenvalue weighted by atomic mass is 10.1. The predicted molar refractivity (Wildman–Crippen MR) is 88.3 cm³/mol. The molecule has 4 nitrogen and oxygen atoms in total. The molecule has 3 aromatic rings. The van der Waals surface area contributed by atoms with Gasteiger partial charge in [-0.3, -0.25) is 4.79 Å². The quantitative estimate of drug-likeness (QED) is 0.785. The Morgan fingerprint density at radius 3 is 2.45 bits per heavy atom. The molecule has 1 heterocycles. The fourth-order valence-corrected chi connectivity index (χ4v) is 2.36. The number of carbonyl (C=O) groups is 1. The molecule has 0 spiro atoms. The van der Waals surface area contributed by atoms with Crippen LogP contribution in [0.1, 0.15) is 31.1 Å². The predicted octanol–water partition coefficient (Wildman–Crippen LogP) is 3.55. The molecule has 1 N–H and O–H groups in total. The highest BCUT2D eigenvalue weighted by molar-refractivity contribution is 5.98. The van der Waals surface area contributed by atoms with Gasteiger partial charge < -0.3 is 5.32 Å². The van der Waals surface area contributed by atoms with E-state index in [2.05, 4.69) is 10.4 Å². The highest BCUT2D eigenvalue weighted by Gasteiger charge is 2.18. The smallest absolute Gasteiger partial charge is 0.253 e. The summed E-state index contributed by atoms with van der Waals surface area (Å²) in [6.45, 7) is 5.90. The maximum Gasteiger partial charge on any atom is 0.253 e. The Morgan fingerprint density at radius 1 is 1.05 bits per heavy atom. The van der Waals surface area contributed by atoms with Crippen LogP contribution in [-0.2, 0) is 0 Å². The van der Waals surface area contributed by atoms with Crippen LogP contribution in [0.15, 0.2) is 54.7 Å². The van der Waals surface area contributed by atoms with Crippen molar-refractivity contribution in [3.8, 4) is 5.69 Å². The third-order valence-corrected chi connectivity index (χ3v) is 3.30. The van der Waals surface area contributed by atoms with Gasteiger partial charge in [-0.2, -0.15) is 5.10 Å². The molecule has 0 atom stereocenters. The number of benzene rings is 2. The fourth-order valence-electron chi connectivity index (χ4n) is 2.36. The minimum atomic E-state index is -0.279. The first-order valence-electron chi connectivity index (χ1n) is 7.30. The van der Waals surface area contributed by atoms with Crippen LogP contribution >= 0.6 is 0 Å². The molecule has 0 bridgehead atoms. The summed E-state index contributed by atoms with van der Waals surface area (Å²) < 4.78 is 1.77. The third-order valence-electron chi connectivity index (χ3n) is 3.30. The molecule has 22 heavy (non-hydrogen) atoms. The zero-order chi connectivity index (χ0) is 15.7. The average Bonchev–Trinajstić information content (AvgIpc) is 2.89. The van der Waals surface area contributed by atoms with Crippen molar-refractivity contribution in [2.75, 3.05) is 0 Å². The molecule has 0 aliphatic carbocycles. The van der Waals surface area contributed by atoms with Crippen LogP contribution in [0.2, 0.25) is 0 Å². The van der Waals surface area contributed by atoms with E-state index in [9.17, 15) is 4.79 Å². The van der Waals surface area contributed by atoms with Crippen molar-refractivity contribution in [2.45, 2.75) is 26.3 Å². The highest BCUT2D eigenvalue weighted by Crippen LogP contribution is 2.19. The molecule has 1 amide bonds. The van der Waals surface area contributed by atoms with Crippen LogP contribution in [0.5, 0.6) is 0 Å². The van der Waals surface area contributed by atoms with E-state index >= 15 is 0 Å². The molecule has 2 aromatic carbocycles. The number of nitrogens with one attached hydrogen (secondary N) is 1. The van der Waals surface area contributed by atoms with E-state index < -0.39 is 0 Å². The maximum absolute atomic E-state index is 12.5. The summed E-state index contributed by atoms with van der Waals surface area (Å²) in [7, 11) is 0. The lowest BCUT2D eigenvalue weighted by Gasteiger charge is -2.21. The van der Waals surface area contributed by atoms with Crippen molar-refractivity contribution in [3.05, 3.63) is 60.3 Å².